The number of rotatable bonds is 4. The molecule has 1 atom stereocenters. The van der Waals surface area contributed by atoms with E-state index in [0.717, 1.165) is 11.3 Å². The Bertz CT molecular complexity index is 335. The highest BCUT2D eigenvalue weighted by atomic mass is 35.5. The largest absolute Gasteiger partial charge is 0.340 e. The van der Waals surface area contributed by atoms with Gasteiger partial charge in [0.15, 0.2) is 0 Å². The first-order chi connectivity index (χ1) is 7.04. The zero-order valence-corrected chi connectivity index (χ0v) is 10.9. The molecule has 0 bridgehead atoms. The summed E-state index contributed by atoms with van der Waals surface area (Å²) in [5.74, 6) is 0.0622. The molecule has 2 nitrogen and oxygen atoms in total. The molecule has 0 aliphatic heterocycles. The van der Waals surface area contributed by atoms with Crippen LogP contribution < -0.4 is 0 Å². The fraction of sp³-hybridized carbons (Fsp3) is 0.545. The van der Waals surface area contributed by atoms with Gasteiger partial charge in [0.05, 0.1) is 4.88 Å². The lowest BCUT2D eigenvalue weighted by Crippen LogP contribution is -2.30. The standard InChI is InChI=1S/C11H16ClNOS/c1-4-9-5-6-10(15-9)11(14)13(3)7-8(2)12/h5-6,8H,4,7H2,1-3H3. The maximum atomic E-state index is 11.9. The van der Waals surface area contributed by atoms with Crippen molar-refractivity contribution in [1.82, 2.24) is 4.90 Å². The van der Waals surface area contributed by atoms with Crippen LogP contribution in [0.15, 0.2) is 12.1 Å². The van der Waals surface area contributed by atoms with E-state index in [4.69, 9.17) is 11.6 Å². The van der Waals surface area contributed by atoms with Gasteiger partial charge in [-0.15, -0.1) is 22.9 Å². The van der Waals surface area contributed by atoms with Gasteiger partial charge in [-0.05, 0) is 25.5 Å². The molecule has 0 aliphatic rings. The summed E-state index contributed by atoms with van der Waals surface area (Å²) in [6.45, 7) is 4.56. The van der Waals surface area contributed by atoms with E-state index < -0.39 is 0 Å². The van der Waals surface area contributed by atoms with Crippen molar-refractivity contribution in [3.63, 3.8) is 0 Å². The Morgan fingerprint density at radius 2 is 2.27 bits per heavy atom. The number of hydrogen-bond donors (Lipinski definition) is 0. The summed E-state index contributed by atoms with van der Waals surface area (Å²) in [4.78, 5) is 15.6. The summed E-state index contributed by atoms with van der Waals surface area (Å²) in [5.41, 5.74) is 0. The molecule has 1 aromatic rings. The van der Waals surface area contributed by atoms with Crippen LogP contribution in [0.4, 0.5) is 0 Å². The summed E-state index contributed by atoms with van der Waals surface area (Å²) in [7, 11) is 1.78. The lowest BCUT2D eigenvalue weighted by Gasteiger charge is -2.17. The minimum atomic E-state index is -0.00967. The number of amides is 1. The molecule has 0 aromatic carbocycles. The maximum Gasteiger partial charge on any atom is 0.263 e. The van der Waals surface area contributed by atoms with Crippen molar-refractivity contribution in [2.24, 2.45) is 0 Å². The smallest absolute Gasteiger partial charge is 0.263 e. The molecule has 1 unspecified atom stereocenters. The van der Waals surface area contributed by atoms with E-state index in [1.54, 1.807) is 23.3 Å². The van der Waals surface area contributed by atoms with Crippen LogP contribution in [-0.4, -0.2) is 29.8 Å². The molecule has 0 N–H and O–H groups in total. The third-order valence-electron chi connectivity index (χ3n) is 2.09. The highest BCUT2D eigenvalue weighted by Crippen LogP contribution is 2.18. The van der Waals surface area contributed by atoms with Crippen molar-refractivity contribution in [3.8, 4) is 0 Å². The SMILES string of the molecule is CCc1ccc(C(=O)N(C)CC(C)Cl)s1. The predicted octanol–water partition coefficient (Wildman–Crippen LogP) is 3.01. The van der Waals surface area contributed by atoms with Crippen LogP contribution >= 0.6 is 22.9 Å². The number of halogens is 1. The number of carbonyl (C=O) groups excluding carboxylic acids is 1. The monoisotopic (exact) mass is 245 g/mol. The van der Waals surface area contributed by atoms with Crippen LogP contribution in [0.1, 0.15) is 28.4 Å². The summed E-state index contributed by atoms with van der Waals surface area (Å²) < 4.78 is 0. The second-order valence-electron chi connectivity index (χ2n) is 3.59. The topological polar surface area (TPSA) is 20.3 Å². The molecule has 0 radical (unpaired) electrons. The summed E-state index contributed by atoms with van der Waals surface area (Å²) >= 11 is 7.41. The van der Waals surface area contributed by atoms with E-state index in [9.17, 15) is 4.79 Å². The van der Waals surface area contributed by atoms with Gasteiger partial charge >= 0.3 is 0 Å². The molecule has 0 saturated heterocycles. The fourth-order valence-corrected chi connectivity index (χ4v) is 2.48. The van der Waals surface area contributed by atoms with Gasteiger partial charge in [-0.2, -0.15) is 0 Å². The first kappa shape index (κ1) is 12.5. The Morgan fingerprint density at radius 1 is 1.60 bits per heavy atom. The van der Waals surface area contributed by atoms with Crippen LogP contribution in [0.5, 0.6) is 0 Å². The van der Waals surface area contributed by atoms with Crippen molar-refractivity contribution >= 4 is 28.8 Å². The number of nitrogens with zero attached hydrogens (tertiary/aromatic N) is 1. The van der Waals surface area contributed by atoms with Crippen LogP contribution in [0.3, 0.4) is 0 Å². The van der Waals surface area contributed by atoms with Crippen molar-refractivity contribution in [2.45, 2.75) is 25.6 Å². The predicted molar refractivity (Wildman–Crippen MR) is 66.0 cm³/mol. The van der Waals surface area contributed by atoms with E-state index in [-0.39, 0.29) is 11.3 Å². The van der Waals surface area contributed by atoms with Crippen LogP contribution in [-0.2, 0) is 6.42 Å². The van der Waals surface area contributed by atoms with Crippen molar-refractivity contribution < 1.29 is 4.79 Å². The first-order valence-corrected chi connectivity index (χ1v) is 6.28. The minimum Gasteiger partial charge on any atom is -0.340 e. The van der Waals surface area contributed by atoms with Crippen molar-refractivity contribution in [3.05, 3.63) is 21.9 Å². The Kier molecular flexibility index (Phi) is 4.61. The van der Waals surface area contributed by atoms with Crippen molar-refractivity contribution in [2.75, 3.05) is 13.6 Å². The summed E-state index contributed by atoms with van der Waals surface area (Å²) in [6, 6.07) is 3.90. The van der Waals surface area contributed by atoms with Crippen LogP contribution in [0.2, 0.25) is 0 Å². The first-order valence-electron chi connectivity index (χ1n) is 5.02. The van der Waals surface area contributed by atoms with Gasteiger partial charge in [-0.3, -0.25) is 4.79 Å². The lowest BCUT2D eigenvalue weighted by atomic mass is 10.3. The third kappa shape index (κ3) is 3.50. The maximum absolute atomic E-state index is 11.9. The number of hydrogen-bond acceptors (Lipinski definition) is 2. The fourth-order valence-electron chi connectivity index (χ4n) is 1.33. The summed E-state index contributed by atoms with van der Waals surface area (Å²) in [5, 5.41) is -0.00967. The number of alkyl halides is 1. The van der Waals surface area contributed by atoms with E-state index in [0.29, 0.717) is 6.54 Å². The average Bonchev–Trinajstić information content (AvgIpc) is 2.63. The average molecular weight is 246 g/mol. The Balaban J connectivity index is 2.67. The zero-order valence-electron chi connectivity index (χ0n) is 9.29. The second-order valence-corrected chi connectivity index (χ2v) is 5.50. The van der Waals surface area contributed by atoms with Crippen LogP contribution in [0, 0.1) is 0 Å². The Labute approximate surface area is 99.9 Å². The zero-order chi connectivity index (χ0) is 11.4. The molecule has 84 valence electrons. The highest BCUT2D eigenvalue weighted by Gasteiger charge is 2.15. The van der Waals surface area contributed by atoms with Gasteiger partial charge in [0.1, 0.15) is 0 Å². The quantitative estimate of drug-likeness (QED) is 0.747. The van der Waals surface area contributed by atoms with E-state index >= 15 is 0 Å². The molecule has 0 saturated carbocycles. The minimum absolute atomic E-state index is 0.00967. The van der Waals surface area contributed by atoms with Gasteiger partial charge in [0.2, 0.25) is 0 Å². The highest BCUT2D eigenvalue weighted by molar-refractivity contribution is 7.14. The summed E-state index contributed by atoms with van der Waals surface area (Å²) in [6.07, 6.45) is 0.980. The molecule has 1 rings (SSSR count). The molecule has 15 heavy (non-hydrogen) atoms. The lowest BCUT2D eigenvalue weighted by molar-refractivity contribution is 0.0801. The molecule has 1 aromatic heterocycles. The molecule has 0 spiro atoms. The molecule has 0 aliphatic carbocycles. The van der Waals surface area contributed by atoms with Gasteiger partial charge in [-0.1, -0.05) is 6.92 Å². The van der Waals surface area contributed by atoms with Gasteiger partial charge in [-0.25, -0.2) is 0 Å². The molecule has 4 heteroatoms. The molecule has 1 heterocycles. The third-order valence-corrected chi connectivity index (χ3v) is 3.45. The number of thiophene rings is 1. The van der Waals surface area contributed by atoms with Gasteiger partial charge in [0, 0.05) is 23.8 Å². The molecule has 1 amide bonds. The number of aryl methyl sites for hydroxylation is 1. The van der Waals surface area contributed by atoms with E-state index in [2.05, 4.69) is 6.92 Å². The van der Waals surface area contributed by atoms with Crippen LogP contribution in [0.25, 0.3) is 0 Å². The van der Waals surface area contributed by atoms with Crippen molar-refractivity contribution in [1.29, 1.82) is 0 Å². The second kappa shape index (κ2) is 5.52. The molecular weight excluding hydrogens is 230 g/mol. The van der Waals surface area contributed by atoms with E-state index in [1.165, 1.54) is 4.88 Å². The van der Waals surface area contributed by atoms with E-state index in [1.807, 2.05) is 19.1 Å². The van der Waals surface area contributed by atoms with Gasteiger partial charge < -0.3 is 4.90 Å². The molecular formula is C11H16ClNOS. The molecule has 0 fully saturated rings. The normalized spacial score (nSPS) is 12.5. The van der Waals surface area contributed by atoms with Gasteiger partial charge in [0.25, 0.3) is 5.91 Å². The Hall–Kier alpha value is -0.540. The Morgan fingerprint density at radius 3 is 2.73 bits per heavy atom. The number of carbonyl (C=O) groups is 1.